The number of benzene rings is 1. The van der Waals surface area contributed by atoms with E-state index in [4.69, 9.17) is 4.42 Å². The summed E-state index contributed by atoms with van der Waals surface area (Å²) in [5.41, 5.74) is 1.30. The van der Waals surface area contributed by atoms with Crippen LogP contribution >= 0.6 is 15.9 Å². The number of halogens is 1. The van der Waals surface area contributed by atoms with E-state index in [0.29, 0.717) is 15.8 Å². The summed E-state index contributed by atoms with van der Waals surface area (Å²) in [5, 5.41) is 11.7. The van der Waals surface area contributed by atoms with Crippen molar-refractivity contribution in [2.75, 3.05) is 0 Å². The summed E-state index contributed by atoms with van der Waals surface area (Å²) < 4.78 is 6.02. The van der Waals surface area contributed by atoms with Gasteiger partial charge in [-0.25, -0.2) is 0 Å². The number of hydrogen-bond donors (Lipinski definition) is 0. The van der Waals surface area contributed by atoms with Gasteiger partial charge in [0.15, 0.2) is 0 Å². The van der Waals surface area contributed by atoms with Crippen LogP contribution in [0.25, 0.3) is 23.1 Å². The summed E-state index contributed by atoms with van der Waals surface area (Å²) in [6.07, 6.45) is 5.32. The second-order valence-electron chi connectivity index (χ2n) is 3.64. The molecule has 0 aliphatic heterocycles. The Bertz CT molecular complexity index is 670. The number of rotatable bonds is 3. The van der Waals surface area contributed by atoms with E-state index in [1.165, 1.54) is 6.07 Å². The average molecular weight is 308 g/mol. The molecule has 0 spiro atoms. The smallest absolute Gasteiger partial charge is 0.287 e. The lowest BCUT2D eigenvalue weighted by Crippen LogP contribution is -1.88. The highest BCUT2D eigenvalue weighted by Gasteiger charge is 2.18. The van der Waals surface area contributed by atoms with Crippen molar-refractivity contribution in [3.63, 3.8) is 0 Å². The van der Waals surface area contributed by atoms with E-state index in [9.17, 15) is 10.1 Å². The van der Waals surface area contributed by atoms with E-state index in [-0.39, 0.29) is 5.69 Å². The Morgan fingerprint density at radius 2 is 2.22 bits per heavy atom. The quantitative estimate of drug-likeness (QED) is 0.605. The number of hydrogen-bond acceptors (Lipinski definition) is 3. The molecule has 92 valence electrons. The number of furan rings is 1. The summed E-state index contributed by atoms with van der Waals surface area (Å²) >= 11 is 3.19. The number of fused-ring (bicyclic) bond motifs is 1. The first kappa shape index (κ1) is 12.6. The first-order chi connectivity index (χ1) is 8.58. The highest BCUT2D eigenvalue weighted by molar-refractivity contribution is 9.10. The zero-order valence-corrected chi connectivity index (χ0v) is 11.2. The molecule has 0 N–H and O–H groups in total. The van der Waals surface area contributed by atoms with Crippen LogP contribution in [-0.2, 0) is 0 Å². The molecule has 2 rings (SSSR count). The molecule has 0 saturated heterocycles. The van der Waals surface area contributed by atoms with E-state index in [1.807, 2.05) is 13.0 Å². The van der Waals surface area contributed by atoms with Crippen LogP contribution in [0.3, 0.4) is 0 Å². The molecule has 18 heavy (non-hydrogen) atoms. The fraction of sp³-hybridized carbons (Fsp3) is 0.0769. The third kappa shape index (κ3) is 1.97. The van der Waals surface area contributed by atoms with Gasteiger partial charge in [0.2, 0.25) is 0 Å². The predicted molar refractivity (Wildman–Crippen MR) is 75.4 cm³/mol. The van der Waals surface area contributed by atoms with E-state index < -0.39 is 4.92 Å². The minimum Gasteiger partial charge on any atom is -0.456 e. The van der Waals surface area contributed by atoms with Crippen LogP contribution in [0.15, 0.2) is 33.7 Å². The second kappa shape index (κ2) is 4.78. The molecule has 1 aromatic carbocycles. The van der Waals surface area contributed by atoms with Crippen LogP contribution in [0.2, 0.25) is 0 Å². The molecule has 5 heteroatoms. The number of nitrogens with zero attached hydrogens (tertiary/aromatic N) is 1. The molecule has 0 aliphatic rings. The van der Waals surface area contributed by atoms with Crippen molar-refractivity contribution < 1.29 is 9.34 Å². The fourth-order valence-electron chi connectivity index (χ4n) is 1.77. The molecule has 0 saturated carbocycles. The van der Waals surface area contributed by atoms with Gasteiger partial charge in [0.1, 0.15) is 11.3 Å². The monoisotopic (exact) mass is 307 g/mol. The Hall–Kier alpha value is -1.88. The summed E-state index contributed by atoms with van der Waals surface area (Å²) in [7, 11) is 0. The van der Waals surface area contributed by atoms with E-state index in [1.54, 1.807) is 18.2 Å². The zero-order valence-electron chi connectivity index (χ0n) is 9.64. The zero-order chi connectivity index (χ0) is 13.3. The van der Waals surface area contributed by atoms with Gasteiger partial charge < -0.3 is 4.42 Å². The van der Waals surface area contributed by atoms with Gasteiger partial charge in [-0.2, -0.15) is 0 Å². The lowest BCUT2D eigenvalue weighted by Gasteiger charge is -1.95. The molecule has 2 aromatic rings. The second-order valence-corrected chi connectivity index (χ2v) is 4.50. The van der Waals surface area contributed by atoms with Crippen molar-refractivity contribution in [2.24, 2.45) is 0 Å². The Labute approximate surface area is 112 Å². The van der Waals surface area contributed by atoms with Gasteiger partial charge in [-0.3, -0.25) is 10.1 Å². The molecule has 0 atom stereocenters. The van der Waals surface area contributed by atoms with E-state index >= 15 is 0 Å². The first-order valence-electron chi connectivity index (χ1n) is 5.24. The largest absolute Gasteiger partial charge is 0.456 e. The van der Waals surface area contributed by atoms with Crippen molar-refractivity contribution in [3.8, 4) is 0 Å². The number of nitro groups is 1. The SMILES string of the molecule is C=Cc1c(/C=C\C)oc2cc([N+](=O)[O-])c(Br)cc12. The van der Waals surface area contributed by atoms with Gasteiger partial charge in [-0.05, 0) is 35.0 Å². The van der Waals surface area contributed by atoms with Crippen molar-refractivity contribution in [1.82, 2.24) is 0 Å². The predicted octanol–water partition coefficient (Wildman–Crippen LogP) is 4.78. The highest BCUT2D eigenvalue weighted by atomic mass is 79.9. The molecule has 0 radical (unpaired) electrons. The number of allylic oxidation sites excluding steroid dienone is 1. The maximum Gasteiger partial charge on any atom is 0.287 e. The van der Waals surface area contributed by atoms with Crippen LogP contribution in [-0.4, -0.2) is 4.92 Å². The third-order valence-electron chi connectivity index (χ3n) is 2.54. The minimum atomic E-state index is -0.449. The highest BCUT2D eigenvalue weighted by Crippen LogP contribution is 2.35. The molecule has 4 nitrogen and oxygen atoms in total. The van der Waals surface area contributed by atoms with Gasteiger partial charge in [-0.1, -0.05) is 18.7 Å². The Balaban J connectivity index is 2.80. The summed E-state index contributed by atoms with van der Waals surface area (Å²) in [6, 6.07) is 3.10. The van der Waals surface area contributed by atoms with Crippen molar-refractivity contribution >= 4 is 44.7 Å². The maximum absolute atomic E-state index is 10.9. The van der Waals surface area contributed by atoms with Crippen LogP contribution in [0.1, 0.15) is 18.2 Å². The topological polar surface area (TPSA) is 56.3 Å². The van der Waals surface area contributed by atoms with Crippen LogP contribution in [0.5, 0.6) is 0 Å². The summed E-state index contributed by atoms with van der Waals surface area (Å²) in [6.45, 7) is 5.61. The van der Waals surface area contributed by atoms with Crippen molar-refractivity contribution in [1.29, 1.82) is 0 Å². The average Bonchev–Trinajstić information content (AvgIpc) is 2.64. The van der Waals surface area contributed by atoms with E-state index in [0.717, 1.165) is 10.9 Å². The Morgan fingerprint density at radius 3 is 2.78 bits per heavy atom. The molecule has 1 heterocycles. The molecule has 0 unspecified atom stereocenters. The normalized spacial score (nSPS) is 11.2. The molecule has 0 amide bonds. The molecular weight excluding hydrogens is 298 g/mol. The maximum atomic E-state index is 10.9. The lowest BCUT2D eigenvalue weighted by molar-refractivity contribution is -0.385. The van der Waals surface area contributed by atoms with Gasteiger partial charge in [0.05, 0.1) is 15.5 Å². The van der Waals surface area contributed by atoms with Gasteiger partial charge >= 0.3 is 0 Å². The molecular formula is C13H10BrNO3. The Morgan fingerprint density at radius 1 is 1.50 bits per heavy atom. The molecule has 0 aliphatic carbocycles. The molecule has 0 fully saturated rings. The van der Waals surface area contributed by atoms with Crippen molar-refractivity contribution in [2.45, 2.75) is 6.92 Å². The van der Waals surface area contributed by atoms with Crippen LogP contribution < -0.4 is 0 Å². The standard InChI is InChI=1S/C13H10BrNO3/c1-3-5-12-8(4-2)9-6-10(14)11(15(16)17)7-13(9)18-12/h3-7H,2H2,1H3/b5-3-. The van der Waals surface area contributed by atoms with E-state index in [2.05, 4.69) is 22.5 Å². The fourth-order valence-corrected chi connectivity index (χ4v) is 2.26. The summed E-state index contributed by atoms with van der Waals surface area (Å²) in [4.78, 5) is 10.4. The molecule has 0 bridgehead atoms. The van der Waals surface area contributed by atoms with Gasteiger partial charge in [-0.15, -0.1) is 0 Å². The van der Waals surface area contributed by atoms with Crippen LogP contribution in [0, 0.1) is 10.1 Å². The number of nitro benzene ring substituents is 1. The first-order valence-corrected chi connectivity index (χ1v) is 6.03. The van der Waals surface area contributed by atoms with Gasteiger partial charge in [0.25, 0.3) is 5.69 Å². The minimum absolute atomic E-state index is 0.0149. The third-order valence-corrected chi connectivity index (χ3v) is 3.18. The van der Waals surface area contributed by atoms with Gasteiger partial charge in [0, 0.05) is 10.9 Å². The summed E-state index contributed by atoms with van der Waals surface area (Å²) in [5.74, 6) is 0.648. The van der Waals surface area contributed by atoms with Crippen molar-refractivity contribution in [3.05, 3.63) is 50.7 Å². The molecule has 1 aromatic heterocycles. The Kier molecular flexibility index (Phi) is 3.34. The van der Waals surface area contributed by atoms with Crippen LogP contribution in [0.4, 0.5) is 5.69 Å². The lowest BCUT2D eigenvalue weighted by atomic mass is 10.1.